The molecule has 0 amide bonds. The zero-order valence-electron chi connectivity index (χ0n) is 9.92. The minimum atomic E-state index is 0.413. The summed E-state index contributed by atoms with van der Waals surface area (Å²) in [5.41, 5.74) is 0. The van der Waals surface area contributed by atoms with E-state index < -0.39 is 0 Å². The maximum atomic E-state index is 5.16. The Morgan fingerprint density at radius 1 is 1.36 bits per heavy atom. The third kappa shape index (κ3) is 6.16. The average Bonchev–Trinajstić information content (AvgIpc) is 2.02. The van der Waals surface area contributed by atoms with Gasteiger partial charge in [0.25, 0.3) is 0 Å². The molecular formula is C10H23N3S. The molecule has 0 bridgehead atoms. The van der Waals surface area contributed by atoms with Gasteiger partial charge in [-0.15, -0.1) is 0 Å². The van der Waals surface area contributed by atoms with Crippen LogP contribution in [0, 0.1) is 5.92 Å². The second kappa shape index (κ2) is 7.01. The van der Waals surface area contributed by atoms with Crippen LogP contribution in [0.25, 0.3) is 0 Å². The van der Waals surface area contributed by atoms with Gasteiger partial charge in [0.2, 0.25) is 0 Å². The Hall–Kier alpha value is -0.350. The number of nitrogens with zero attached hydrogens (tertiary/aromatic N) is 1. The van der Waals surface area contributed by atoms with E-state index in [4.69, 9.17) is 12.2 Å². The van der Waals surface area contributed by atoms with Crippen LogP contribution < -0.4 is 10.6 Å². The predicted molar refractivity (Wildman–Crippen MR) is 66.6 cm³/mol. The van der Waals surface area contributed by atoms with Crippen LogP contribution in [0.1, 0.15) is 20.8 Å². The van der Waals surface area contributed by atoms with E-state index >= 15 is 0 Å². The lowest BCUT2D eigenvalue weighted by Crippen LogP contribution is -2.48. The average molecular weight is 217 g/mol. The van der Waals surface area contributed by atoms with Crippen molar-refractivity contribution in [1.82, 2.24) is 15.5 Å². The SMILES string of the molecule is CCNC(=S)NC(CN(C)C)C(C)C. The lowest BCUT2D eigenvalue weighted by molar-refractivity contribution is 0.312. The number of thiocarbonyl (C=S) groups is 1. The van der Waals surface area contributed by atoms with E-state index in [1.165, 1.54) is 0 Å². The monoisotopic (exact) mass is 217 g/mol. The highest BCUT2D eigenvalue weighted by Crippen LogP contribution is 2.02. The molecule has 0 aromatic rings. The molecule has 0 aromatic heterocycles. The van der Waals surface area contributed by atoms with Gasteiger partial charge < -0.3 is 15.5 Å². The second-order valence-electron chi connectivity index (χ2n) is 4.12. The maximum Gasteiger partial charge on any atom is 0.166 e. The fourth-order valence-corrected chi connectivity index (χ4v) is 1.49. The maximum absolute atomic E-state index is 5.16. The highest BCUT2D eigenvalue weighted by Gasteiger charge is 2.14. The summed E-state index contributed by atoms with van der Waals surface area (Å²) in [5, 5.41) is 7.19. The van der Waals surface area contributed by atoms with Crippen LogP contribution in [0.2, 0.25) is 0 Å². The highest BCUT2D eigenvalue weighted by molar-refractivity contribution is 7.80. The Kier molecular flexibility index (Phi) is 6.83. The molecule has 14 heavy (non-hydrogen) atoms. The number of likely N-dealkylation sites (N-methyl/N-ethyl adjacent to an activating group) is 1. The van der Waals surface area contributed by atoms with Crippen LogP contribution in [0.3, 0.4) is 0 Å². The van der Waals surface area contributed by atoms with Gasteiger partial charge in [-0.3, -0.25) is 0 Å². The van der Waals surface area contributed by atoms with Gasteiger partial charge in [0.15, 0.2) is 5.11 Å². The van der Waals surface area contributed by atoms with Crippen LogP contribution in [0.15, 0.2) is 0 Å². The van der Waals surface area contributed by atoms with E-state index in [1.807, 2.05) is 6.92 Å². The normalized spacial score (nSPS) is 13.1. The van der Waals surface area contributed by atoms with Crippen molar-refractivity contribution in [3.63, 3.8) is 0 Å². The van der Waals surface area contributed by atoms with E-state index in [0.717, 1.165) is 18.2 Å². The molecule has 0 rings (SSSR count). The van der Waals surface area contributed by atoms with Gasteiger partial charge in [-0.2, -0.15) is 0 Å². The summed E-state index contributed by atoms with van der Waals surface area (Å²) in [4.78, 5) is 2.17. The molecule has 0 radical (unpaired) electrons. The third-order valence-electron chi connectivity index (χ3n) is 2.02. The Morgan fingerprint density at radius 2 is 1.93 bits per heavy atom. The Morgan fingerprint density at radius 3 is 2.29 bits per heavy atom. The predicted octanol–water partition coefficient (Wildman–Crippen LogP) is 1.06. The Labute approximate surface area is 93.2 Å². The molecule has 0 aliphatic carbocycles. The fraction of sp³-hybridized carbons (Fsp3) is 0.900. The van der Waals surface area contributed by atoms with Crippen molar-refractivity contribution in [2.75, 3.05) is 27.2 Å². The Bertz CT molecular complexity index is 169. The first kappa shape index (κ1) is 13.7. The number of hydrogen-bond donors (Lipinski definition) is 2. The van der Waals surface area contributed by atoms with Crippen molar-refractivity contribution < 1.29 is 0 Å². The molecular weight excluding hydrogens is 194 g/mol. The van der Waals surface area contributed by atoms with Crippen molar-refractivity contribution in [2.45, 2.75) is 26.8 Å². The molecule has 2 N–H and O–H groups in total. The third-order valence-corrected chi connectivity index (χ3v) is 2.28. The van der Waals surface area contributed by atoms with Crippen molar-refractivity contribution in [2.24, 2.45) is 5.92 Å². The van der Waals surface area contributed by atoms with Crippen molar-refractivity contribution in [3.8, 4) is 0 Å². The van der Waals surface area contributed by atoms with Crippen molar-refractivity contribution >= 4 is 17.3 Å². The van der Waals surface area contributed by atoms with Crippen LogP contribution in [-0.4, -0.2) is 43.2 Å². The summed E-state index contributed by atoms with van der Waals surface area (Å²) in [6.45, 7) is 8.33. The molecule has 0 aromatic carbocycles. The molecule has 0 aliphatic rings. The van der Waals surface area contributed by atoms with Crippen molar-refractivity contribution in [3.05, 3.63) is 0 Å². The summed E-state index contributed by atoms with van der Waals surface area (Å²) in [7, 11) is 4.15. The molecule has 0 saturated carbocycles. The van der Waals surface area contributed by atoms with E-state index in [2.05, 4.69) is 43.5 Å². The first-order valence-corrected chi connectivity index (χ1v) is 5.57. The topological polar surface area (TPSA) is 27.3 Å². The standard InChI is InChI=1S/C10H23N3S/c1-6-11-10(14)12-9(8(2)3)7-13(4)5/h8-9H,6-7H2,1-5H3,(H2,11,12,14). The van der Waals surface area contributed by atoms with Gasteiger partial charge in [0, 0.05) is 19.1 Å². The Balaban J connectivity index is 4.02. The van der Waals surface area contributed by atoms with Gasteiger partial charge in [-0.1, -0.05) is 13.8 Å². The minimum absolute atomic E-state index is 0.413. The van der Waals surface area contributed by atoms with Crippen LogP contribution in [-0.2, 0) is 0 Å². The lowest BCUT2D eigenvalue weighted by atomic mass is 10.0. The molecule has 0 fully saturated rings. The highest BCUT2D eigenvalue weighted by atomic mass is 32.1. The quantitative estimate of drug-likeness (QED) is 0.673. The molecule has 0 heterocycles. The summed E-state index contributed by atoms with van der Waals surface area (Å²) in [5.74, 6) is 0.578. The van der Waals surface area contributed by atoms with Gasteiger partial charge in [-0.05, 0) is 39.2 Å². The fourth-order valence-electron chi connectivity index (χ4n) is 1.20. The van der Waals surface area contributed by atoms with E-state index in [-0.39, 0.29) is 0 Å². The smallest absolute Gasteiger partial charge is 0.166 e. The molecule has 0 saturated heterocycles. The van der Waals surface area contributed by atoms with E-state index in [9.17, 15) is 0 Å². The molecule has 3 nitrogen and oxygen atoms in total. The number of rotatable bonds is 5. The summed E-state index contributed by atoms with van der Waals surface area (Å²) >= 11 is 5.16. The van der Waals surface area contributed by atoms with Crippen LogP contribution >= 0.6 is 12.2 Å². The second-order valence-corrected chi connectivity index (χ2v) is 4.52. The van der Waals surface area contributed by atoms with E-state index in [1.54, 1.807) is 0 Å². The summed E-state index contributed by atoms with van der Waals surface area (Å²) in [6.07, 6.45) is 0. The molecule has 84 valence electrons. The lowest BCUT2D eigenvalue weighted by Gasteiger charge is -2.26. The minimum Gasteiger partial charge on any atom is -0.363 e. The van der Waals surface area contributed by atoms with Crippen LogP contribution in [0.4, 0.5) is 0 Å². The van der Waals surface area contributed by atoms with Crippen LogP contribution in [0.5, 0.6) is 0 Å². The molecule has 0 aliphatic heterocycles. The number of hydrogen-bond acceptors (Lipinski definition) is 2. The zero-order chi connectivity index (χ0) is 11.1. The van der Waals surface area contributed by atoms with Gasteiger partial charge in [0.1, 0.15) is 0 Å². The molecule has 1 unspecified atom stereocenters. The van der Waals surface area contributed by atoms with Gasteiger partial charge in [-0.25, -0.2) is 0 Å². The van der Waals surface area contributed by atoms with Gasteiger partial charge >= 0.3 is 0 Å². The molecule has 0 spiro atoms. The molecule has 4 heteroatoms. The summed E-state index contributed by atoms with van der Waals surface area (Å²) < 4.78 is 0. The molecule has 1 atom stereocenters. The zero-order valence-corrected chi connectivity index (χ0v) is 10.7. The summed E-state index contributed by atoms with van der Waals surface area (Å²) in [6, 6.07) is 0.413. The number of nitrogens with one attached hydrogen (secondary N) is 2. The first-order valence-electron chi connectivity index (χ1n) is 5.16. The van der Waals surface area contributed by atoms with Gasteiger partial charge in [0.05, 0.1) is 0 Å². The van der Waals surface area contributed by atoms with Crippen molar-refractivity contribution in [1.29, 1.82) is 0 Å². The first-order chi connectivity index (χ1) is 6.47. The van der Waals surface area contributed by atoms with E-state index in [0.29, 0.717) is 12.0 Å². The largest absolute Gasteiger partial charge is 0.363 e.